The van der Waals surface area contributed by atoms with Crippen LogP contribution in [-0.2, 0) is 0 Å². The zero-order valence-electron chi connectivity index (χ0n) is 10.7. The van der Waals surface area contributed by atoms with Crippen molar-refractivity contribution < 1.29 is 4.39 Å². The Morgan fingerprint density at radius 2 is 2.11 bits per heavy atom. The van der Waals surface area contributed by atoms with Crippen LogP contribution in [0.15, 0.2) is 12.4 Å². The van der Waals surface area contributed by atoms with Crippen LogP contribution in [-0.4, -0.2) is 31.7 Å². The van der Waals surface area contributed by atoms with E-state index in [1.165, 1.54) is 12.4 Å². The molecule has 1 N–H and O–H groups in total. The number of nitrogens with zero attached hydrogens (tertiary/aromatic N) is 5. The zero-order chi connectivity index (χ0) is 13.2. The van der Waals surface area contributed by atoms with Gasteiger partial charge in [-0.3, -0.25) is 5.10 Å². The van der Waals surface area contributed by atoms with Crippen molar-refractivity contribution >= 4 is 5.95 Å². The molecule has 0 aliphatic carbocycles. The van der Waals surface area contributed by atoms with E-state index in [1.54, 1.807) is 0 Å². The second kappa shape index (κ2) is 4.91. The molecule has 1 unspecified atom stereocenters. The molecule has 0 spiro atoms. The molecular formula is C12H15FN6. The largest absolute Gasteiger partial charge is 0.330 e. The molecule has 0 bridgehead atoms. The van der Waals surface area contributed by atoms with Gasteiger partial charge in [0.15, 0.2) is 11.6 Å². The minimum absolute atomic E-state index is 0.0594. The number of aromatic nitrogens is 5. The minimum atomic E-state index is -0.425. The molecule has 1 aliphatic heterocycles. The second-order valence-corrected chi connectivity index (χ2v) is 4.69. The zero-order valence-corrected chi connectivity index (χ0v) is 10.7. The highest BCUT2D eigenvalue weighted by atomic mass is 19.1. The average molecular weight is 262 g/mol. The molecule has 3 rings (SSSR count). The molecule has 1 atom stereocenters. The molecule has 2 aromatic heterocycles. The van der Waals surface area contributed by atoms with E-state index >= 15 is 0 Å². The summed E-state index contributed by atoms with van der Waals surface area (Å²) in [5, 5.41) is 7.08. The Hall–Kier alpha value is -2.05. The Balaban J connectivity index is 1.90. The van der Waals surface area contributed by atoms with Crippen molar-refractivity contribution in [2.45, 2.75) is 32.2 Å². The number of aryl methyl sites for hydroxylation is 1. The van der Waals surface area contributed by atoms with Gasteiger partial charge < -0.3 is 4.90 Å². The maximum absolute atomic E-state index is 12.9. The van der Waals surface area contributed by atoms with Crippen molar-refractivity contribution in [3.63, 3.8) is 0 Å². The second-order valence-electron chi connectivity index (χ2n) is 4.69. The van der Waals surface area contributed by atoms with Gasteiger partial charge in [-0.2, -0.15) is 5.10 Å². The first-order valence-electron chi connectivity index (χ1n) is 6.37. The maximum Gasteiger partial charge on any atom is 0.226 e. The Morgan fingerprint density at radius 3 is 2.79 bits per heavy atom. The van der Waals surface area contributed by atoms with Crippen molar-refractivity contribution in [1.82, 2.24) is 25.1 Å². The molecule has 6 nitrogen and oxygen atoms in total. The Kier molecular flexibility index (Phi) is 3.10. The molecule has 0 amide bonds. The predicted molar refractivity (Wildman–Crippen MR) is 67.0 cm³/mol. The summed E-state index contributed by atoms with van der Waals surface area (Å²) in [6, 6.07) is 0.0594. The van der Waals surface area contributed by atoms with Gasteiger partial charge in [-0.1, -0.05) is 0 Å². The fraction of sp³-hybridized carbons (Fsp3) is 0.500. The third-order valence-electron chi connectivity index (χ3n) is 3.28. The van der Waals surface area contributed by atoms with E-state index in [0.717, 1.165) is 37.5 Å². The third kappa shape index (κ3) is 2.40. The van der Waals surface area contributed by atoms with Crippen LogP contribution in [0.25, 0.3) is 0 Å². The van der Waals surface area contributed by atoms with E-state index in [2.05, 4.69) is 25.1 Å². The number of piperidine rings is 1. The lowest BCUT2D eigenvalue weighted by Gasteiger charge is -2.33. The first-order valence-corrected chi connectivity index (χ1v) is 6.37. The van der Waals surface area contributed by atoms with Gasteiger partial charge in [0.25, 0.3) is 0 Å². The normalized spacial score (nSPS) is 19.7. The van der Waals surface area contributed by atoms with E-state index in [1.807, 2.05) is 11.8 Å². The fourth-order valence-electron chi connectivity index (χ4n) is 2.40. The van der Waals surface area contributed by atoms with Crippen LogP contribution in [0.3, 0.4) is 0 Å². The average Bonchev–Trinajstić information content (AvgIpc) is 2.86. The first kappa shape index (κ1) is 12.0. The van der Waals surface area contributed by atoms with Crippen LogP contribution in [0.2, 0.25) is 0 Å². The lowest BCUT2D eigenvalue weighted by Crippen LogP contribution is -2.35. The standard InChI is InChI=1S/C12H15FN6/c1-8-16-11(18-17-8)10-4-2-3-5-19(10)12-14-6-9(13)7-15-12/h6-7,10H,2-5H2,1H3,(H,16,17,18). The van der Waals surface area contributed by atoms with Crippen molar-refractivity contribution in [3.05, 3.63) is 29.9 Å². The van der Waals surface area contributed by atoms with Gasteiger partial charge in [0.05, 0.1) is 18.4 Å². The fourth-order valence-corrected chi connectivity index (χ4v) is 2.40. The van der Waals surface area contributed by atoms with E-state index < -0.39 is 5.82 Å². The number of halogens is 1. The summed E-state index contributed by atoms with van der Waals surface area (Å²) in [4.78, 5) is 14.6. The summed E-state index contributed by atoms with van der Waals surface area (Å²) >= 11 is 0. The molecular weight excluding hydrogens is 247 g/mol. The molecule has 1 aliphatic rings. The van der Waals surface area contributed by atoms with Crippen LogP contribution in [0.5, 0.6) is 0 Å². The highest BCUT2D eigenvalue weighted by Gasteiger charge is 2.28. The smallest absolute Gasteiger partial charge is 0.226 e. The quantitative estimate of drug-likeness (QED) is 0.893. The van der Waals surface area contributed by atoms with E-state index in [-0.39, 0.29) is 6.04 Å². The third-order valence-corrected chi connectivity index (χ3v) is 3.28. The van der Waals surface area contributed by atoms with E-state index in [0.29, 0.717) is 5.95 Å². The van der Waals surface area contributed by atoms with Gasteiger partial charge in [0, 0.05) is 6.54 Å². The maximum atomic E-state index is 12.9. The number of nitrogens with one attached hydrogen (secondary N) is 1. The molecule has 1 fully saturated rings. The van der Waals surface area contributed by atoms with Gasteiger partial charge in [-0.15, -0.1) is 0 Å². The van der Waals surface area contributed by atoms with Crippen LogP contribution < -0.4 is 4.90 Å². The van der Waals surface area contributed by atoms with Gasteiger partial charge in [0.1, 0.15) is 5.82 Å². The molecule has 19 heavy (non-hydrogen) atoms. The number of aromatic amines is 1. The summed E-state index contributed by atoms with van der Waals surface area (Å²) in [7, 11) is 0. The molecule has 3 heterocycles. The van der Waals surface area contributed by atoms with Crippen LogP contribution in [0.4, 0.5) is 10.3 Å². The SMILES string of the molecule is Cc1nc(C2CCCCN2c2ncc(F)cn2)n[nH]1. The Morgan fingerprint density at radius 1 is 1.32 bits per heavy atom. The van der Waals surface area contributed by atoms with E-state index in [9.17, 15) is 4.39 Å². The van der Waals surface area contributed by atoms with Gasteiger partial charge in [0.2, 0.25) is 5.95 Å². The summed E-state index contributed by atoms with van der Waals surface area (Å²) in [6.45, 7) is 2.71. The predicted octanol–water partition coefficient (Wildman–Crippen LogP) is 1.77. The topological polar surface area (TPSA) is 70.6 Å². The highest BCUT2D eigenvalue weighted by Crippen LogP contribution is 2.31. The van der Waals surface area contributed by atoms with Crippen LogP contribution in [0.1, 0.15) is 37.0 Å². The Labute approximate surface area is 110 Å². The van der Waals surface area contributed by atoms with Crippen molar-refractivity contribution in [1.29, 1.82) is 0 Å². The number of rotatable bonds is 2. The van der Waals surface area contributed by atoms with Gasteiger partial charge in [-0.25, -0.2) is 19.3 Å². The molecule has 2 aromatic rings. The number of anilines is 1. The first-order chi connectivity index (χ1) is 9.24. The number of hydrogen-bond donors (Lipinski definition) is 1. The summed E-state index contributed by atoms with van der Waals surface area (Å²) in [5.41, 5.74) is 0. The molecule has 0 aromatic carbocycles. The van der Waals surface area contributed by atoms with Gasteiger partial charge >= 0.3 is 0 Å². The lowest BCUT2D eigenvalue weighted by molar-refractivity contribution is 0.449. The Bertz CT molecular complexity index is 552. The summed E-state index contributed by atoms with van der Waals surface area (Å²) in [6.07, 6.45) is 5.53. The van der Waals surface area contributed by atoms with Crippen LogP contribution >= 0.6 is 0 Å². The summed E-state index contributed by atoms with van der Waals surface area (Å²) in [5.74, 6) is 1.66. The van der Waals surface area contributed by atoms with Crippen molar-refractivity contribution in [2.75, 3.05) is 11.4 Å². The summed E-state index contributed by atoms with van der Waals surface area (Å²) < 4.78 is 12.9. The van der Waals surface area contributed by atoms with Gasteiger partial charge in [-0.05, 0) is 26.2 Å². The molecule has 0 radical (unpaired) electrons. The van der Waals surface area contributed by atoms with Crippen LogP contribution in [0, 0.1) is 12.7 Å². The minimum Gasteiger partial charge on any atom is -0.330 e. The molecule has 1 saturated heterocycles. The molecule has 7 heteroatoms. The van der Waals surface area contributed by atoms with E-state index in [4.69, 9.17) is 0 Å². The monoisotopic (exact) mass is 262 g/mol. The molecule has 100 valence electrons. The molecule has 0 saturated carbocycles. The lowest BCUT2D eigenvalue weighted by atomic mass is 10.0. The number of hydrogen-bond acceptors (Lipinski definition) is 5. The highest BCUT2D eigenvalue weighted by molar-refractivity contribution is 5.33. The number of H-pyrrole nitrogens is 1. The van der Waals surface area contributed by atoms with Crippen molar-refractivity contribution in [2.24, 2.45) is 0 Å². The van der Waals surface area contributed by atoms with Crippen molar-refractivity contribution in [3.8, 4) is 0 Å².